The maximum atomic E-state index is 13.1. The maximum Gasteiger partial charge on any atom is 0.325 e. The first-order valence-corrected chi connectivity index (χ1v) is 12.2. The lowest BCUT2D eigenvalue weighted by molar-refractivity contribution is -0.140. The SMILES string of the molecule is C[C@@H]1[C@H](c2ccccc2)[C@]1(NS(=O)(=O)c1ccc(-c2ccc(Cl)c(CO)c2)s1)C(=O)O. The number of hydrogen-bond acceptors (Lipinski definition) is 5. The number of aliphatic hydroxyl groups is 1. The minimum Gasteiger partial charge on any atom is -0.480 e. The van der Waals surface area contributed by atoms with Crippen LogP contribution in [-0.4, -0.2) is 30.1 Å². The van der Waals surface area contributed by atoms with Gasteiger partial charge in [-0.25, -0.2) is 8.42 Å². The Morgan fingerprint density at radius 1 is 1.16 bits per heavy atom. The Bertz CT molecular complexity index is 1240. The largest absolute Gasteiger partial charge is 0.480 e. The van der Waals surface area contributed by atoms with Crippen molar-refractivity contribution in [3.8, 4) is 10.4 Å². The molecule has 1 fully saturated rings. The molecule has 0 bridgehead atoms. The van der Waals surface area contributed by atoms with Crippen LogP contribution in [0.3, 0.4) is 0 Å². The number of rotatable bonds is 7. The van der Waals surface area contributed by atoms with Gasteiger partial charge in [-0.3, -0.25) is 4.79 Å². The fourth-order valence-electron chi connectivity index (χ4n) is 4.04. The van der Waals surface area contributed by atoms with Crippen LogP contribution in [0.5, 0.6) is 0 Å². The summed E-state index contributed by atoms with van der Waals surface area (Å²) in [5, 5.41) is 19.8. The van der Waals surface area contributed by atoms with E-state index in [1.165, 1.54) is 6.07 Å². The molecule has 4 rings (SSSR count). The van der Waals surface area contributed by atoms with Gasteiger partial charge in [0.2, 0.25) is 0 Å². The Hall–Kier alpha value is -2.23. The normalized spacial score (nSPS) is 22.9. The van der Waals surface area contributed by atoms with Crippen molar-refractivity contribution in [2.24, 2.45) is 5.92 Å². The highest BCUT2D eigenvalue weighted by Gasteiger charge is 2.70. The molecule has 0 amide bonds. The third-order valence-corrected chi connectivity index (χ3v) is 9.24. The van der Waals surface area contributed by atoms with Gasteiger partial charge in [0, 0.05) is 15.8 Å². The van der Waals surface area contributed by atoms with Crippen LogP contribution < -0.4 is 4.72 Å². The van der Waals surface area contributed by atoms with Crippen molar-refractivity contribution in [1.29, 1.82) is 0 Å². The summed E-state index contributed by atoms with van der Waals surface area (Å²) in [5.74, 6) is -2.05. The predicted molar refractivity (Wildman–Crippen MR) is 120 cm³/mol. The number of aliphatic carboxylic acids is 1. The van der Waals surface area contributed by atoms with E-state index in [1.54, 1.807) is 43.3 Å². The summed E-state index contributed by atoms with van der Waals surface area (Å²) in [6, 6.07) is 17.2. The van der Waals surface area contributed by atoms with Gasteiger partial charge in [-0.05, 0) is 46.9 Å². The molecule has 3 aromatic rings. The smallest absolute Gasteiger partial charge is 0.325 e. The number of benzene rings is 2. The summed E-state index contributed by atoms with van der Waals surface area (Å²) in [6.07, 6.45) is 0. The van der Waals surface area contributed by atoms with E-state index in [4.69, 9.17) is 11.6 Å². The highest BCUT2D eigenvalue weighted by Crippen LogP contribution is 2.58. The second kappa shape index (κ2) is 8.03. The number of hydrogen-bond donors (Lipinski definition) is 3. The maximum absolute atomic E-state index is 13.1. The van der Waals surface area contributed by atoms with Crippen molar-refractivity contribution in [1.82, 2.24) is 4.72 Å². The molecule has 31 heavy (non-hydrogen) atoms. The molecule has 1 aliphatic carbocycles. The Kier molecular flexibility index (Phi) is 5.70. The number of thiophene rings is 1. The molecule has 9 heteroatoms. The van der Waals surface area contributed by atoms with E-state index in [9.17, 15) is 23.4 Å². The molecule has 0 saturated heterocycles. The van der Waals surface area contributed by atoms with E-state index >= 15 is 0 Å². The average Bonchev–Trinajstić information content (AvgIpc) is 3.10. The summed E-state index contributed by atoms with van der Waals surface area (Å²) < 4.78 is 28.7. The molecule has 1 heterocycles. The zero-order valence-corrected chi connectivity index (χ0v) is 18.8. The number of carboxylic acids is 1. The zero-order chi connectivity index (χ0) is 22.4. The Morgan fingerprint density at radius 3 is 2.52 bits per heavy atom. The summed E-state index contributed by atoms with van der Waals surface area (Å²) in [5.41, 5.74) is 0.450. The summed E-state index contributed by atoms with van der Waals surface area (Å²) in [4.78, 5) is 12.8. The summed E-state index contributed by atoms with van der Waals surface area (Å²) >= 11 is 7.06. The molecule has 0 aliphatic heterocycles. The van der Waals surface area contributed by atoms with E-state index < -0.39 is 33.4 Å². The molecule has 1 aliphatic rings. The first-order valence-electron chi connectivity index (χ1n) is 9.52. The minimum atomic E-state index is -4.07. The minimum absolute atomic E-state index is 0.0227. The molecule has 0 unspecified atom stereocenters. The lowest BCUT2D eigenvalue weighted by Crippen LogP contribution is -2.45. The second-order valence-corrected chi connectivity index (χ2v) is 10.9. The van der Waals surface area contributed by atoms with Crippen molar-refractivity contribution in [3.63, 3.8) is 0 Å². The van der Waals surface area contributed by atoms with Gasteiger partial charge < -0.3 is 10.2 Å². The third kappa shape index (κ3) is 3.79. The fourth-order valence-corrected chi connectivity index (χ4v) is 6.98. The first-order chi connectivity index (χ1) is 14.7. The van der Waals surface area contributed by atoms with Gasteiger partial charge in [-0.15, -0.1) is 11.3 Å². The highest BCUT2D eigenvalue weighted by atomic mass is 35.5. The Balaban J connectivity index is 1.64. The van der Waals surface area contributed by atoms with Crippen LogP contribution in [0, 0.1) is 5.92 Å². The van der Waals surface area contributed by atoms with Crippen molar-refractivity contribution in [2.45, 2.75) is 29.2 Å². The highest BCUT2D eigenvalue weighted by molar-refractivity contribution is 7.91. The van der Waals surface area contributed by atoms with Crippen LogP contribution in [0.15, 0.2) is 64.9 Å². The van der Waals surface area contributed by atoms with Gasteiger partial charge in [-0.1, -0.05) is 54.9 Å². The van der Waals surface area contributed by atoms with E-state index in [0.29, 0.717) is 15.5 Å². The number of sulfonamides is 1. The van der Waals surface area contributed by atoms with E-state index in [1.807, 2.05) is 18.2 Å². The van der Waals surface area contributed by atoms with Gasteiger partial charge in [-0.2, -0.15) is 4.72 Å². The van der Waals surface area contributed by atoms with E-state index in [2.05, 4.69) is 4.72 Å². The molecule has 1 aromatic heterocycles. The van der Waals surface area contributed by atoms with Crippen LogP contribution in [0.4, 0.5) is 0 Å². The van der Waals surface area contributed by atoms with Gasteiger partial charge in [0.05, 0.1) is 6.61 Å². The Labute approximate surface area is 189 Å². The van der Waals surface area contributed by atoms with E-state index in [-0.39, 0.29) is 10.8 Å². The topological polar surface area (TPSA) is 104 Å². The molecule has 6 nitrogen and oxygen atoms in total. The van der Waals surface area contributed by atoms with Crippen molar-refractivity contribution >= 4 is 38.9 Å². The molecule has 3 atom stereocenters. The number of aliphatic hydroxyl groups excluding tert-OH is 1. The molecule has 0 radical (unpaired) electrons. The van der Waals surface area contributed by atoms with Gasteiger partial charge in [0.1, 0.15) is 9.75 Å². The van der Waals surface area contributed by atoms with Crippen molar-refractivity contribution < 1.29 is 23.4 Å². The van der Waals surface area contributed by atoms with Gasteiger partial charge >= 0.3 is 5.97 Å². The molecule has 3 N–H and O–H groups in total. The van der Waals surface area contributed by atoms with Crippen molar-refractivity contribution in [3.05, 3.63) is 76.8 Å². The van der Waals surface area contributed by atoms with Crippen LogP contribution in [0.2, 0.25) is 5.02 Å². The molecular formula is C22H20ClNO5S2. The quantitative estimate of drug-likeness (QED) is 0.475. The molecule has 0 spiro atoms. The summed E-state index contributed by atoms with van der Waals surface area (Å²) in [7, 11) is -4.07. The standard InChI is InChI=1S/C22H20ClNO5S2/c1-13-20(14-5-3-2-4-6-14)22(13,21(26)27)24-31(28,29)19-10-9-18(30-19)15-7-8-17(23)16(11-15)12-25/h2-11,13,20,24-25H,12H2,1H3,(H,26,27)/t13-,20-,22+/m1/s1. The predicted octanol–water partition coefficient (Wildman–Crippen LogP) is 4.10. The fraction of sp³-hybridized carbons (Fsp3) is 0.227. The van der Waals surface area contributed by atoms with Crippen LogP contribution in [-0.2, 0) is 21.4 Å². The van der Waals surface area contributed by atoms with Crippen LogP contribution in [0.25, 0.3) is 10.4 Å². The van der Waals surface area contributed by atoms with Crippen molar-refractivity contribution in [2.75, 3.05) is 0 Å². The lowest BCUT2D eigenvalue weighted by atomic mass is 10.1. The Morgan fingerprint density at radius 2 is 1.87 bits per heavy atom. The zero-order valence-electron chi connectivity index (χ0n) is 16.4. The van der Waals surface area contributed by atoms with Gasteiger partial charge in [0.25, 0.3) is 10.0 Å². The number of nitrogens with one attached hydrogen (secondary N) is 1. The average molecular weight is 478 g/mol. The van der Waals surface area contributed by atoms with E-state index in [0.717, 1.165) is 22.5 Å². The molecule has 162 valence electrons. The molecular weight excluding hydrogens is 458 g/mol. The third-order valence-electron chi connectivity index (χ3n) is 5.76. The second-order valence-electron chi connectivity index (χ2n) is 7.54. The van der Waals surface area contributed by atoms with Crippen LogP contribution in [0.1, 0.15) is 24.0 Å². The van der Waals surface area contributed by atoms with Gasteiger partial charge in [0.15, 0.2) is 0 Å². The first kappa shape index (κ1) is 22.0. The number of carboxylic acid groups (broad SMARTS) is 1. The molecule has 2 aromatic carbocycles. The summed E-state index contributed by atoms with van der Waals surface area (Å²) in [6.45, 7) is 1.50. The molecule has 1 saturated carbocycles. The number of carbonyl (C=O) groups is 1. The number of halogens is 1. The van der Waals surface area contributed by atoms with Crippen LogP contribution >= 0.6 is 22.9 Å². The monoisotopic (exact) mass is 477 g/mol. The lowest BCUT2D eigenvalue weighted by Gasteiger charge is -2.15.